The van der Waals surface area contributed by atoms with Gasteiger partial charge in [0.25, 0.3) is 0 Å². The quantitative estimate of drug-likeness (QED) is 0.204. The summed E-state index contributed by atoms with van der Waals surface area (Å²) in [6, 6.07) is 30.5. The zero-order valence-corrected chi connectivity index (χ0v) is 26.9. The number of piperazine rings is 1. The van der Waals surface area contributed by atoms with Crippen molar-refractivity contribution in [2.45, 2.75) is 60.4 Å². The van der Waals surface area contributed by atoms with Gasteiger partial charge >= 0.3 is 6.09 Å². The molecule has 1 fully saturated rings. The van der Waals surface area contributed by atoms with E-state index in [0.717, 1.165) is 46.6 Å². The van der Waals surface area contributed by atoms with Crippen LogP contribution in [0.3, 0.4) is 0 Å². The van der Waals surface area contributed by atoms with Crippen molar-refractivity contribution in [2.75, 3.05) is 31.1 Å². The van der Waals surface area contributed by atoms with Crippen molar-refractivity contribution >= 4 is 11.8 Å². The van der Waals surface area contributed by atoms with Crippen molar-refractivity contribution in [1.82, 2.24) is 9.88 Å². The highest BCUT2D eigenvalue weighted by Gasteiger charge is 2.26. The summed E-state index contributed by atoms with van der Waals surface area (Å²) < 4.78 is 17.9. The molecule has 7 nitrogen and oxygen atoms in total. The van der Waals surface area contributed by atoms with Crippen molar-refractivity contribution in [2.24, 2.45) is 0 Å². The molecule has 3 aromatic carbocycles. The van der Waals surface area contributed by atoms with Gasteiger partial charge in [-0.3, -0.25) is 0 Å². The van der Waals surface area contributed by atoms with E-state index in [1.807, 2.05) is 107 Å². The molecule has 1 saturated heterocycles. The van der Waals surface area contributed by atoms with Crippen LogP contribution in [-0.4, -0.2) is 47.8 Å². The van der Waals surface area contributed by atoms with E-state index in [1.165, 1.54) is 0 Å². The Morgan fingerprint density at radius 2 is 1.34 bits per heavy atom. The van der Waals surface area contributed by atoms with E-state index in [0.29, 0.717) is 38.1 Å². The van der Waals surface area contributed by atoms with Crippen molar-refractivity contribution in [3.63, 3.8) is 0 Å². The van der Waals surface area contributed by atoms with Gasteiger partial charge in [-0.15, -0.1) is 0 Å². The van der Waals surface area contributed by atoms with Crippen LogP contribution in [0.25, 0.3) is 11.1 Å². The van der Waals surface area contributed by atoms with E-state index in [9.17, 15) is 4.79 Å². The fourth-order valence-corrected chi connectivity index (χ4v) is 4.85. The molecule has 0 spiro atoms. The van der Waals surface area contributed by atoms with Gasteiger partial charge in [0, 0.05) is 43.5 Å². The first-order valence-electron chi connectivity index (χ1n) is 15.4. The van der Waals surface area contributed by atoms with E-state index in [1.54, 1.807) is 4.90 Å². The van der Waals surface area contributed by atoms with Gasteiger partial charge in [0.1, 0.15) is 18.8 Å². The molecule has 1 aliphatic heterocycles. The molecule has 2 heterocycles. The highest BCUT2D eigenvalue weighted by atomic mass is 16.6. The van der Waals surface area contributed by atoms with Crippen molar-refractivity contribution in [1.29, 1.82) is 0 Å². The maximum Gasteiger partial charge on any atom is 0.410 e. The number of benzene rings is 3. The average molecular weight is 596 g/mol. The third-order valence-electron chi connectivity index (χ3n) is 7.09. The van der Waals surface area contributed by atoms with Crippen LogP contribution in [0.4, 0.5) is 10.5 Å². The SMILES string of the molecule is CC.Cc1ccc(N2CCN(C(=O)OC(C)(C)C)CC2)cc1-c1ccc(OCc2ccccc2)nc1OCc1ccccc1. The van der Waals surface area contributed by atoms with Gasteiger partial charge in [0.2, 0.25) is 11.8 Å². The molecule has 0 N–H and O–H groups in total. The Hall–Kier alpha value is -4.52. The van der Waals surface area contributed by atoms with Crippen LogP contribution in [0.2, 0.25) is 0 Å². The number of anilines is 1. The molecular formula is C37H45N3O4. The topological polar surface area (TPSA) is 64.1 Å². The summed E-state index contributed by atoms with van der Waals surface area (Å²) in [7, 11) is 0. The van der Waals surface area contributed by atoms with Crippen LogP contribution in [0.1, 0.15) is 51.3 Å². The molecular weight excluding hydrogens is 550 g/mol. The minimum absolute atomic E-state index is 0.257. The lowest BCUT2D eigenvalue weighted by Crippen LogP contribution is -2.50. The lowest BCUT2D eigenvalue weighted by atomic mass is 10.00. The molecule has 7 heteroatoms. The molecule has 0 saturated carbocycles. The number of aromatic nitrogens is 1. The van der Waals surface area contributed by atoms with Gasteiger partial charge in [-0.25, -0.2) is 4.79 Å². The second-order valence-corrected chi connectivity index (χ2v) is 11.5. The third-order valence-corrected chi connectivity index (χ3v) is 7.09. The first-order chi connectivity index (χ1) is 21.2. The van der Waals surface area contributed by atoms with Crippen molar-refractivity contribution in [3.05, 3.63) is 108 Å². The molecule has 0 unspecified atom stereocenters. The number of aryl methyl sites for hydroxylation is 1. The Kier molecular flexibility index (Phi) is 11.2. The van der Waals surface area contributed by atoms with Crippen LogP contribution in [0, 0.1) is 6.92 Å². The molecule has 44 heavy (non-hydrogen) atoms. The molecule has 0 aliphatic carbocycles. The molecule has 1 amide bonds. The molecule has 0 atom stereocenters. The number of pyridine rings is 1. The van der Waals surface area contributed by atoms with Gasteiger partial charge < -0.3 is 24.0 Å². The summed E-state index contributed by atoms with van der Waals surface area (Å²) in [6.45, 7) is 15.3. The van der Waals surface area contributed by atoms with E-state index < -0.39 is 5.60 Å². The minimum atomic E-state index is -0.503. The first kappa shape index (κ1) is 32.4. The lowest BCUT2D eigenvalue weighted by Gasteiger charge is -2.37. The number of hydrogen-bond donors (Lipinski definition) is 0. The highest BCUT2D eigenvalue weighted by Crippen LogP contribution is 2.36. The maximum absolute atomic E-state index is 12.6. The van der Waals surface area contributed by atoms with Gasteiger partial charge in [0.15, 0.2) is 0 Å². The largest absolute Gasteiger partial charge is 0.473 e. The van der Waals surface area contributed by atoms with Crippen LogP contribution in [-0.2, 0) is 18.0 Å². The minimum Gasteiger partial charge on any atom is -0.473 e. The molecule has 232 valence electrons. The standard InChI is InChI=1S/C35H39N3O4.C2H6/c1-26-15-16-29(37-19-21-38(22-20-37)34(39)42-35(2,3)4)23-31(26)30-17-18-32(40-24-27-11-7-5-8-12-27)36-33(30)41-25-28-13-9-6-10-14-28;1-2/h5-18,23H,19-22,24-25H2,1-4H3;1-2H3. The third kappa shape index (κ3) is 8.99. The van der Waals surface area contributed by atoms with Crippen molar-refractivity contribution < 1.29 is 19.0 Å². The molecule has 4 aromatic rings. The number of carbonyl (C=O) groups excluding carboxylic acids is 1. The Bertz CT molecular complexity index is 1480. The summed E-state index contributed by atoms with van der Waals surface area (Å²) in [6.07, 6.45) is -0.257. The second kappa shape index (κ2) is 15.3. The number of rotatable bonds is 8. The van der Waals surface area contributed by atoms with E-state index >= 15 is 0 Å². The highest BCUT2D eigenvalue weighted by molar-refractivity contribution is 5.76. The smallest absolute Gasteiger partial charge is 0.410 e. The summed E-state index contributed by atoms with van der Waals surface area (Å²) in [5.74, 6) is 1.04. The maximum atomic E-state index is 12.6. The number of hydrogen-bond acceptors (Lipinski definition) is 6. The zero-order chi connectivity index (χ0) is 31.5. The zero-order valence-electron chi connectivity index (χ0n) is 26.9. The molecule has 1 aromatic heterocycles. The van der Waals surface area contributed by atoms with Crippen LogP contribution >= 0.6 is 0 Å². The van der Waals surface area contributed by atoms with Crippen molar-refractivity contribution in [3.8, 4) is 22.9 Å². The van der Waals surface area contributed by atoms with Crippen LogP contribution in [0.15, 0.2) is 91.0 Å². The fraction of sp³-hybridized carbons (Fsp3) is 0.351. The Balaban J connectivity index is 0.00000216. The van der Waals surface area contributed by atoms with Gasteiger partial charge in [-0.05, 0) is 68.1 Å². The number of ether oxygens (including phenoxy) is 3. The lowest BCUT2D eigenvalue weighted by molar-refractivity contribution is 0.0240. The number of carbonyl (C=O) groups is 1. The average Bonchev–Trinajstić information content (AvgIpc) is 3.04. The Morgan fingerprint density at radius 1 is 0.750 bits per heavy atom. The monoisotopic (exact) mass is 595 g/mol. The summed E-state index contributed by atoms with van der Waals surface area (Å²) in [5.41, 5.74) is 5.81. The second-order valence-electron chi connectivity index (χ2n) is 11.5. The van der Waals surface area contributed by atoms with Gasteiger partial charge in [0.05, 0.1) is 0 Å². The van der Waals surface area contributed by atoms with E-state index in [4.69, 9.17) is 19.2 Å². The normalized spacial score (nSPS) is 13.0. The molecule has 0 radical (unpaired) electrons. The van der Waals surface area contributed by atoms with Crippen LogP contribution in [0.5, 0.6) is 11.8 Å². The fourth-order valence-electron chi connectivity index (χ4n) is 4.85. The van der Waals surface area contributed by atoms with E-state index in [2.05, 4.69) is 30.0 Å². The van der Waals surface area contributed by atoms with Crippen LogP contribution < -0.4 is 14.4 Å². The predicted molar refractivity (Wildman–Crippen MR) is 177 cm³/mol. The predicted octanol–water partition coefficient (Wildman–Crippen LogP) is 8.30. The molecule has 1 aliphatic rings. The number of amides is 1. The van der Waals surface area contributed by atoms with Gasteiger partial charge in [-0.2, -0.15) is 4.98 Å². The van der Waals surface area contributed by atoms with E-state index in [-0.39, 0.29) is 6.09 Å². The summed E-state index contributed by atoms with van der Waals surface area (Å²) in [5, 5.41) is 0. The van der Waals surface area contributed by atoms with Gasteiger partial charge in [-0.1, -0.05) is 80.6 Å². The molecule has 0 bridgehead atoms. The summed E-state index contributed by atoms with van der Waals surface area (Å²) >= 11 is 0. The number of nitrogens with zero attached hydrogens (tertiary/aromatic N) is 3. The molecule has 5 rings (SSSR count). The summed E-state index contributed by atoms with van der Waals surface area (Å²) in [4.78, 5) is 21.4. The Labute approximate surface area is 262 Å². The Morgan fingerprint density at radius 3 is 1.93 bits per heavy atom. The first-order valence-corrected chi connectivity index (χ1v) is 15.4.